The van der Waals surface area contributed by atoms with E-state index in [1.54, 1.807) is 42.5 Å². The number of benzene rings is 3. The van der Waals surface area contributed by atoms with Crippen molar-refractivity contribution in [2.24, 2.45) is 0 Å². The summed E-state index contributed by atoms with van der Waals surface area (Å²) in [5.41, 5.74) is 2.59. The molecule has 1 aliphatic heterocycles. The van der Waals surface area contributed by atoms with Gasteiger partial charge in [0.05, 0.1) is 12.8 Å². The van der Waals surface area contributed by atoms with Crippen LogP contribution in [0.25, 0.3) is 11.8 Å². The summed E-state index contributed by atoms with van der Waals surface area (Å²) in [6, 6.07) is 18.2. The van der Waals surface area contributed by atoms with Gasteiger partial charge in [-0.3, -0.25) is 4.79 Å². The van der Waals surface area contributed by atoms with Gasteiger partial charge in [0.15, 0.2) is 17.1 Å². The zero-order chi connectivity index (χ0) is 23.9. The van der Waals surface area contributed by atoms with E-state index in [1.165, 1.54) is 43.1 Å². The van der Waals surface area contributed by atoms with Crippen LogP contribution in [0.5, 0.6) is 11.5 Å². The van der Waals surface area contributed by atoms with Crippen molar-refractivity contribution in [1.82, 2.24) is 10.6 Å². The predicted molar refractivity (Wildman–Crippen MR) is 130 cm³/mol. The number of thioether (sulfide) groups is 1. The van der Waals surface area contributed by atoms with E-state index in [9.17, 15) is 13.6 Å². The standard InChI is InChI=1S/C26H22F2N2O3S/c1-32-24-11-8-19(14-22(24)28)23-16-34-26(29-23)30-25(31)12-7-17-5-9-21(10-6-17)33-15-18-3-2-4-20(27)13-18/h2-14,16,26,29H,15H2,1H3,(H,30,31)/b12-7+. The van der Waals surface area contributed by atoms with Crippen LogP contribution in [-0.2, 0) is 11.4 Å². The van der Waals surface area contributed by atoms with E-state index >= 15 is 0 Å². The molecule has 0 radical (unpaired) electrons. The summed E-state index contributed by atoms with van der Waals surface area (Å²) in [7, 11) is 1.41. The number of hydrogen-bond acceptors (Lipinski definition) is 5. The average molecular weight is 481 g/mol. The maximum Gasteiger partial charge on any atom is 0.246 e. The lowest BCUT2D eigenvalue weighted by molar-refractivity contribution is -0.116. The van der Waals surface area contributed by atoms with Gasteiger partial charge in [-0.05, 0) is 65.1 Å². The lowest BCUT2D eigenvalue weighted by Crippen LogP contribution is -2.38. The first-order valence-electron chi connectivity index (χ1n) is 10.4. The molecule has 0 saturated carbocycles. The molecule has 0 spiro atoms. The van der Waals surface area contributed by atoms with Gasteiger partial charge in [0, 0.05) is 11.6 Å². The maximum atomic E-state index is 13.9. The van der Waals surface area contributed by atoms with Gasteiger partial charge < -0.3 is 20.1 Å². The van der Waals surface area contributed by atoms with E-state index in [-0.39, 0.29) is 29.6 Å². The fraction of sp³-hybridized carbons (Fsp3) is 0.115. The highest BCUT2D eigenvalue weighted by Crippen LogP contribution is 2.28. The number of rotatable bonds is 8. The van der Waals surface area contributed by atoms with Crippen LogP contribution in [0.2, 0.25) is 0 Å². The van der Waals surface area contributed by atoms with Crippen molar-refractivity contribution in [2.75, 3.05) is 7.11 Å². The summed E-state index contributed by atoms with van der Waals surface area (Å²) in [4.78, 5) is 12.3. The van der Waals surface area contributed by atoms with Crippen molar-refractivity contribution in [2.45, 2.75) is 12.1 Å². The van der Waals surface area contributed by atoms with Gasteiger partial charge in [-0.15, -0.1) is 0 Å². The minimum atomic E-state index is -0.450. The lowest BCUT2D eigenvalue weighted by Gasteiger charge is -2.14. The second kappa shape index (κ2) is 10.9. The molecule has 34 heavy (non-hydrogen) atoms. The van der Waals surface area contributed by atoms with Gasteiger partial charge in [-0.1, -0.05) is 36.0 Å². The summed E-state index contributed by atoms with van der Waals surface area (Å²) in [5.74, 6) is -0.199. The highest BCUT2D eigenvalue weighted by atomic mass is 32.2. The van der Waals surface area contributed by atoms with Crippen molar-refractivity contribution in [1.29, 1.82) is 0 Å². The number of carbonyl (C=O) groups is 1. The van der Waals surface area contributed by atoms with Crippen molar-refractivity contribution in [3.8, 4) is 11.5 Å². The number of amides is 1. The molecule has 2 N–H and O–H groups in total. The first-order valence-corrected chi connectivity index (χ1v) is 11.4. The molecule has 1 heterocycles. The van der Waals surface area contributed by atoms with Crippen molar-refractivity contribution in [3.05, 3.63) is 107 Å². The third-order valence-electron chi connectivity index (χ3n) is 4.95. The molecular weight excluding hydrogens is 458 g/mol. The SMILES string of the molecule is COc1ccc(C2=CSC(NC(=O)/C=C/c3ccc(OCc4cccc(F)c4)cc3)N2)cc1F. The fourth-order valence-electron chi connectivity index (χ4n) is 3.22. The Balaban J connectivity index is 1.25. The molecule has 0 aliphatic carbocycles. The monoisotopic (exact) mass is 480 g/mol. The number of hydrogen-bond donors (Lipinski definition) is 2. The summed E-state index contributed by atoms with van der Waals surface area (Å²) >= 11 is 1.38. The van der Waals surface area contributed by atoms with Gasteiger partial charge >= 0.3 is 0 Å². The molecule has 3 aromatic carbocycles. The highest BCUT2D eigenvalue weighted by molar-refractivity contribution is 8.03. The lowest BCUT2D eigenvalue weighted by atomic mass is 10.1. The normalized spacial score (nSPS) is 15.0. The molecule has 174 valence electrons. The Labute approximate surface area is 200 Å². The first kappa shape index (κ1) is 23.4. The van der Waals surface area contributed by atoms with Gasteiger partial charge in [-0.2, -0.15) is 0 Å². The van der Waals surface area contributed by atoms with Crippen LogP contribution < -0.4 is 20.1 Å². The Bertz CT molecular complexity index is 1230. The van der Waals surface area contributed by atoms with Crippen molar-refractivity contribution in [3.63, 3.8) is 0 Å². The Kier molecular flexibility index (Phi) is 7.49. The summed E-state index contributed by atoms with van der Waals surface area (Å²) in [5, 5.41) is 7.82. The Morgan fingerprint density at radius 1 is 1.12 bits per heavy atom. The van der Waals surface area contributed by atoms with Crippen molar-refractivity contribution >= 4 is 29.4 Å². The van der Waals surface area contributed by atoms with Gasteiger partial charge in [-0.25, -0.2) is 8.78 Å². The molecule has 5 nitrogen and oxygen atoms in total. The number of methoxy groups -OCH3 is 1. The number of halogens is 2. The zero-order valence-corrected chi connectivity index (χ0v) is 19.1. The Morgan fingerprint density at radius 2 is 1.94 bits per heavy atom. The summed E-state index contributed by atoms with van der Waals surface area (Å²) in [6.07, 6.45) is 3.13. The smallest absolute Gasteiger partial charge is 0.246 e. The molecule has 4 rings (SSSR count). The zero-order valence-electron chi connectivity index (χ0n) is 18.3. The molecule has 1 unspecified atom stereocenters. The molecule has 8 heteroatoms. The molecule has 0 saturated heterocycles. The van der Waals surface area contributed by atoms with E-state index in [0.29, 0.717) is 11.3 Å². The molecule has 1 amide bonds. The molecule has 3 aromatic rings. The second-order valence-corrected chi connectivity index (χ2v) is 8.35. The highest BCUT2D eigenvalue weighted by Gasteiger charge is 2.19. The fourth-order valence-corrected chi connectivity index (χ4v) is 4.07. The number of ether oxygens (including phenoxy) is 2. The third kappa shape index (κ3) is 6.17. The van der Waals surface area contributed by atoms with Crippen LogP contribution in [0.1, 0.15) is 16.7 Å². The van der Waals surface area contributed by atoms with Crippen LogP contribution in [0.4, 0.5) is 8.78 Å². The molecule has 1 atom stereocenters. The van der Waals surface area contributed by atoms with Crippen LogP contribution in [0.15, 0.2) is 78.2 Å². The van der Waals surface area contributed by atoms with Crippen LogP contribution in [0.3, 0.4) is 0 Å². The van der Waals surface area contributed by atoms with E-state index < -0.39 is 5.82 Å². The molecular formula is C26H22F2N2O3S. The maximum absolute atomic E-state index is 13.9. The third-order valence-corrected chi connectivity index (χ3v) is 5.83. The average Bonchev–Trinajstić information content (AvgIpc) is 3.30. The summed E-state index contributed by atoms with van der Waals surface area (Å²) in [6.45, 7) is 0.264. The van der Waals surface area contributed by atoms with E-state index in [0.717, 1.165) is 16.8 Å². The molecule has 0 aromatic heterocycles. The van der Waals surface area contributed by atoms with E-state index in [1.807, 2.05) is 17.5 Å². The number of nitrogens with one attached hydrogen (secondary N) is 2. The van der Waals surface area contributed by atoms with Crippen molar-refractivity contribution < 1.29 is 23.0 Å². The predicted octanol–water partition coefficient (Wildman–Crippen LogP) is 5.30. The van der Waals surface area contributed by atoms with Crippen LogP contribution in [0, 0.1) is 11.6 Å². The second-order valence-electron chi connectivity index (χ2n) is 7.37. The van der Waals surface area contributed by atoms with Gasteiger partial charge in [0.2, 0.25) is 5.91 Å². The minimum absolute atomic E-state index is 0.177. The van der Waals surface area contributed by atoms with Crippen LogP contribution >= 0.6 is 11.8 Å². The summed E-state index contributed by atoms with van der Waals surface area (Å²) < 4.78 is 37.8. The quantitative estimate of drug-likeness (QED) is 0.429. The van der Waals surface area contributed by atoms with Gasteiger partial charge in [0.1, 0.15) is 18.2 Å². The Hall–Kier alpha value is -3.78. The topological polar surface area (TPSA) is 59.6 Å². The Morgan fingerprint density at radius 3 is 2.68 bits per heavy atom. The van der Waals surface area contributed by atoms with E-state index in [4.69, 9.17) is 9.47 Å². The van der Waals surface area contributed by atoms with E-state index in [2.05, 4.69) is 10.6 Å². The minimum Gasteiger partial charge on any atom is -0.494 e. The van der Waals surface area contributed by atoms with Gasteiger partial charge in [0.25, 0.3) is 0 Å². The molecule has 1 aliphatic rings. The molecule has 0 fully saturated rings. The first-order chi connectivity index (χ1) is 16.5. The number of carbonyl (C=O) groups excluding carboxylic acids is 1. The van der Waals surface area contributed by atoms with Crippen LogP contribution in [-0.4, -0.2) is 18.5 Å². The largest absolute Gasteiger partial charge is 0.494 e. The molecule has 0 bridgehead atoms.